The normalized spacial score (nSPS) is 26.1. The monoisotopic (exact) mass is 296 g/mol. The van der Waals surface area contributed by atoms with Crippen LogP contribution in [0.3, 0.4) is 0 Å². The van der Waals surface area contributed by atoms with Crippen LogP contribution in [0.4, 0.5) is 0 Å². The zero-order valence-electron chi connectivity index (χ0n) is 10.2. The standard InChI is InChI=1S/C11H20N2OS2.ClH/c1-13(9-2-4-12-5-3-9)11(14)10-8-15-6-7-16-10;/h9-10,12H,2-8H2,1H3;1H. The van der Waals surface area contributed by atoms with E-state index in [1.54, 1.807) is 0 Å². The molecule has 2 saturated heterocycles. The molecule has 1 unspecified atom stereocenters. The summed E-state index contributed by atoms with van der Waals surface area (Å²) in [5.41, 5.74) is 0. The molecule has 0 aliphatic carbocycles. The van der Waals surface area contributed by atoms with E-state index in [9.17, 15) is 4.79 Å². The molecule has 3 nitrogen and oxygen atoms in total. The van der Waals surface area contributed by atoms with Gasteiger partial charge in [0.1, 0.15) is 0 Å². The summed E-state index contributed by atoms with van der Waals surface area (Å²) in [6.45, 7) is 2.10. The number of nitrogens with one attached hydrogen (secondary N) is 1. The Labute approximate surface area is 118 Å². The van der Waals surface area contributed by atoms with E-state index in [0.29, 0.717) is 11.9 Å². The van der Waals surface area contributed by atoms with Crippen LogP contribution in [0, 0.1) is 0 Å². The van der Waals surface area contributed by atoms with Crippen LogP contribution in [0.5, 0.6) is 0 Å². The number of hydrogen-bond donors (Lipinski definition) is 1. The second-order valence-electron chi connectivity index (χ2n) is 4.36. The van der Waals surface area contributed by atoms with Crippen LogP contribution in [0.2, 0.25) is 0 Å². The summed E-state index contributed by atoms with van der Waals surface area (Å²) < 4.78 is 0. The van der Waals surface area contributed by atoms with Crippen LogP contribution >= 0.6 is 35.9 Å². The van der Waals surface area contributed by atoms with Gasteiger partial charge in [0.15, 0.2) is 0 Å². The summed E-state index contributed by atoms with van der Waals surface area (Å²) >= 11 is 3.75. The molecule has 2 aliphatic rings. The highest BCUT2D eigenvalue weighted by molar-refractivity contribution is 8.07. The van der Waals surface area contributed by atoms with Crippen molar-refractivity contribution in [2.75, 3.05) is 37.4 Å². The summed E-state index contributed by atoms with van der Waals surface area (Å²) in [5, 5.41) is 3.55. The van der Waals surface area contributed by atoms with E-state index < -0.39 is 0 Å². The molecule has 2 aliphatic heterocycles. The van der Waals surface area contributed by atoms with Crippen LogP contribution in [0.1, 0.15) is 12.8 Å². The maximum atomic E-state index is 12.3. The number of carbonyl (C=O) groups is 1. The smallest absolute Gasteiger partial charge is 0.236 e. The van der Waals surface area contributed by atoms with Crippen molar-refractivity contribution >= 4 is 41.8 Å². The summed E-state index contributed by atoms with van der Waals surface area (Å²) in [6, 6.07) is 0.460. The highest BCUT2D eigenvalue weighted by Gasteiger charge is 2.29. The molecule has 0 saturated carbocycles. The van der Waals surface area contributed by atoms with Crippen LogP contribution in [-0.4, -0.2) is 59.5 Å². The van der Waals surface area contributed by atoms with Gasteiger partial charge in [-0.05, 0) is 25.9 Å². The van der Waals surface area contributed by atoms with Gasteiger partial charge >= 0.3 is 0 Å². The van der Waals surface area contributed by atoms with Gasteiger partial charge in [-0.1, -0.05) is 0 Å². The summed E-state index contributed by atoms with van der Waals surface area (Å²) in [7, 11) is 1.98. The van der Waals surface area contributed by atoms with E-state index >= 15 is 0 Å². The molecule has 0 radical (unpaired) electrons. The number of piperidine rings is 1. The quantitative estimate of drug-likeness (QED) is 0.836. The number of thioether (sulfide) groups is 2. The fourth-order valence-corrected chi connectivity index (χ4v) is 4.88. The van der Waals surface area contributed by atoms with E-state index in [4.69, 9.17) is 0 Å². The second kappa shape index (κ2) is 7.77. The number of hydrogen-bond acceptors (Lipinski definition) is 4. The molecular formula is C11H21ClN2OS2. The highest BCUT2D eigenvalue weighted by atomic mass is 35.5. The SMILES string of the molecule is CN(C(=O)C1CSCCS1)C1CCNCC1.Cl. The van der Waals surface area contributed by atoms with Gasteiger partial charge in [-0.2, -0.15) is 11.8 Å². The van der Waals surface area contributed by atoms with Crippen LogP contribution in [-0.2, 0) is 4.79 Å². The van der Waals surface area contributed by atoms with Gasteiger partial charge in [0, 0.05) is 30.3 Å². The van der Waals surface area contributed by atoms with Gasteiger partial charge in [0.25, 0.3) is 0 Å². The van der Waals surface area contributed by atoms with Crippen molar-refractivity contribution in [1.82, 2.24) is 10.2 Å². The van der Waals surface area contributed by atoms with Crippen molar-refractivity contribution in [2.24, 2.45) is 0 Å². The lowest BCUT2D eigenvalue weighted by Crippen LogP contribution is -2.47. The molecule has 6 heteroatoms. The minimum atomic E-state index is 0. The Kier molecular flexibility index (Phi) is 7.07. The van der Waals surface area contributed by atoms with Crippen LogP contribution < -0.4 is 5.32 Å². The Morgan fingerprint density at radius 2 is 2.00 bits per heavy atom. The van der Waals surface area contributed by atoms with Gasteiger partial charge in [0.05, 0.1) is 5.25 Å². The van der Waals surface area contributed by atoms with Crippen molar-refractivity contribution in [3.8, 4) is 0 Å². The molecule has 17 heavy (non-hydrogen) atoms. The highest BCUT2D eigenvalue weighted by Crippen LogP contribution is 2.26. The second-order valence-corrected chi connectivity index (χ2v) is 6.83. The van der Waals surface area contributed by atoms with Crippen molar-refractivity contribution < 1.29 is 4.79 Å². The molecule has 2 fully saturated rings. The minimum absolute atomic E-state index is 0. The third-order valence-corrected chi connectivity index (χ3v) is 6.04. The predicted molar refractivity (Wildman–Crippen MR) is 79.5 cm³/mol. The van der Waals surface area contributed by atoms with E-state index in [1.807, 2.05) is 35.5 Å². The zero-order valence-corrected chi connectivity index (χ0v) is 12.6. The molecule has 0 aromatic heterocycles. The molecule has 1 atom stereocenters. The lowest BCUT2D eigenvalue weighted by atomic mass is 10.1. The summed E-state index contributed by atoms with van der Waals surface area (Å²) in [6.07, 6.45) is 2.21. The van der Waals surface area contributed by atoms with Crippen LogP contribution in [0.25, 0.3) is 0 Å². The van der Waals surface area contributed by atoms with Gasteiger partial charge < -0.3 is 10.2 Å². The molecule has 1 amide bonds. The van der Waals surface area contributed by atoms with E-state index in [1.165, 1.54) is 5.75 Å². The number of amides is 1. The molecule has 1 N–H and O–H groups in total. The minimum Gasteiger partial charge on any atom is -0.342 e. The van der Waals surface area contributed by atoms with Crippen molar-refractivity contribution in [2.45, 2.75) is 24.1 Å². The van der Waals surface area contributed by atoms with E-state index in [0.717, 1.165) is 37.4 Å². The van der Waals surface area contributed by atoms with Crippen LogP contribution in [0.15, 0.2) is 0 Å². The Morgan fingerprint density at radius 1 is 1.29 bits per heavy atom. The first-order valence-electron chi connectivity index (χ1n) is 5.96. The molecular weight excluding hydrogens is 276 g/mol. The number of rotatable bonds is 2. The van der Waals surface area contributed by atoms with Gasteiger partial charge in [-0.3, -0.25) is 4.79 Å². The molecule has 0 bridgehead atoms. The third-order valence-electron chi connectivity index (χ3n) is 3.30. The first-order chi connectivity index (χ1) is 7.79. The van der Waals surface area contributed by atoms with Crippen molar-refractivity contribution in [3.05, 3.63) is 0 Å². The first-order valence-corrected chi connectivity index (χ1v) is 8.16. The van der Waals surface area contributed by atoms with Gasteiger partial charge in [0.2, 0.25) is 5.91 Å². The Balaban J connectivity index is 0.00000144. The first kappa shape index (κ1) is 15.5. The largest absolute Gasteiger partial charge is 0.342 e. The molecule has 0 aromatic carbocycles. The molecule has 2 heterocycles. The maximum Gasteiger partial charge on any atom is 0.236 e. The fraction of sp³-hybridized carbons (Fsp3) is 0.909. The third kappa shape index (κ3) is 4.23. The topological polar surface area (TPSA) is 32.3 Å². The maximum absolute atomic E-state index is 12.3. The molecule has 100 valence electrons. The Bertz CT molecular complexity index is 244. The van der Waals surface area contributed by atoms with Crippen molar-refractivity contribution in [1.29, 1.82) is 0 Å². The summed E-state index contributed by atoms with van der Waals surface area (Å²) in [5.74, 6) is 3.68. The Morgan fingerprint density at radius 3 is 2.59 bits per heavy atom. The fourth-order valence-electron chi connectivity index (χ4n) is 2.23. The van der Waals surface area contributed by atoms with E-state index in [2.05, 4.69) is 5.32 Å². The Hall–Kier alpha value is 0.420. The van der Waals surface area contributed by atoms with Crippen molar-refractivity contribution in [3.63, 3.8) is 0 Å². The summed E-state index contributed by atoms with van der Waals surface area (Å²) in [4.78, 5) is 14.3. The average Bonchev–Trinajstić information content (AvgIpc) is 2.39. The lowest BCUT2D eigenvalue weighted by Gasteiger charge is -2.34. The lowest BCUT2D eigenvalue weighted by molar-refractivity contribution is -0.131. The molecule has 0 spiro atoms. The number of nitrogens with zero attached hydrogens (tertiary/aromatic N) is 1. The number of carbonyl (C=O) groups excluding carboxylic acids is 1. The predicted octanol–water partition coefficient (Wildman–Crippen LogP) is 1.47. The molecule has 0 aromatic rings. The molecule has 2 rings (SSSR count). The number of halogens is 1. The zero-order chi connectivity index (χ0) is 11.4. The van der Waals surface area contributed by atoms with Gasteiger partial charge in [-0.15, -0.1) is 24.2 Å². The van der Waals surface area contributed by atoms with E-state index in [-0.39, 0.29) is 17.7 Å². The average molecular weight is 297 g/mol. The van der Waals surface area contributed by atoms with Gasteiger partial charge in [-0.25, -0.2) is 0 Å².